The molecular weight excluding hydrogens is 401 g/mol. The molecule has 2 nitrogen and oxygen atoms in total. The molecule has 0 amide bonds. The summed E-state index contributed by atoms with van der Waals surface area (Å²) in [4.78, 5) is 0. The third-order valence-electron chi connectivity index (χ3n) is 3.67. The zero-order valence-corrected chi connectivity index (χ0v) is 13.8. The molecule has 1 aromatic carbocycles. The first kappa shape index (κ1) is 16.1. The van der Waals surface area contributed by atoms with E-state index in [0.29, 0.717) is 25.1 Å². The van der Waals surface area contributed by atoms with Crippen LogP contribution in [0.5, 0.6) is 0 Å². The first-order chi connectivity index (χ1) is 9.29. The summed E-state index contributed by atoms with van der Waals surface area (Å²) in [7, 11) is 0. The van der Waals surface area contributed by atoms with Gasteiger partial charge in [-0.05, 0) is 46.5 Å². The normalized spacial score (nSPS) is 23.2. The van der Waals surface area contributed by atoms with Gasteiger partial charge in [0.25, 0.3) is 0 Å². The maximum absolute atomic E-state index is 12.9. The lowest BCUT2D eigenvalue weighted by Gasteiger charge is -2.24. The fourth-order valence-electron chi connectivity index (χ4n) is 2.62. The predicted molar refractivity (Wildman–Crippen MR) is 80.3 cm³/mol. The van der Waals surface area contributed by atoms with Crippen LogP contribution in [-0.4, -0.2) is 12.2 Å². The molecule has 2 atom stereocenters. The average molecular weight is 416 g/mol. The van der Waals surface area contributed by atoms with Gasteiger partial charge in [0, 0.05) is 21.5 Å². The summed E-state index contributed by atoms with van der Waals surface area (Å²) in [6.45, 7) is 0.334. The van der Waals surface area contributed by atoms with Crippen molar-refractivity contribution in [1.29, 1.82) is 0 Å². The van der Waals surface area contributed by atoms with E-state index < -0.39 is 18.1 Å². The second-order valence-electron chi connectivity index (χ2n) is 5.03. The molecule has 0 unspecified atom stereocenters. The summed E-state index contributed by atoms with van der Waals surface area (Å²) in [5.74, 6) is -1.25. The molecule has 0 radical (unpaired) electrons. The van der Waals surface area contributed by atoms with Gasteiger partial charge in [-0.1, -0.05) is 22.4 Å². The second-order valence-corrected chi connectivity index (χ2v) is 6.80. The third-order valence-corrected chi connectivity index (χ3v) is 4.79. The average Bonchev–Trinajstić information content (AvgIpc) is 2.80. The van der Waals surface area contributed by atoms with Crippen LogP contribution < -0.4 is 11.1 Å². The van der Waals surface area contributed by atoms with Crippen molar-refractivity contribution in [2.45, 2.75) is 38.0 Å². The molecule has 1 saturated carbocycles. The maximum atomic E-state index is 12.9. The number of halogens is 5. The Morgan fingerprint density at radius 2 is 1.95 bits per heavy atom. The van der Waals surface area contributed by atoms with Gasteiger partial charge in [0.2, 0.25) is 0 Å². The number of nitrogens with one attached hydrogen (secondary N) is 1. The van der Waals surface area contributed by atoms with Crippen molar-refractivity contribution in [1.82, 2.24) is 5.32 Å². The van der Waals surface area contributed by atoms with Gasteiger partial charge in [0.15, 0.2) is 0 Å². The second kappa shape index (κ2) is 6.23. The zero-order chi connectivity index (χ0) is 14.9. The van der Waals surface area contributed by atoms with Crippen molar-refractivity contribution >= 4 is 37.5 Å². The lowest BCUT2D eigenvalue weighted by Crippen LogP contribution is -2.39. The monoisotopic (exact) mass is 414 g/mol. The Hall–Kier alpha value is -0.270. The summed E-state index contributed by atoms with van der Waals surface area (Å²) in [6.07, 6.45) is -2.75. The van der Waals surface area contributed by atoms with Gasteiger partial charge in [0.05, 0.1) is 11.6 Å². The van der Waals surface area contributed by atoms with Crippen molar-refractivity contribution in [3.63, 3.8) is 0 Å². The fourth-order valence-corrected chi connectivity index (χ4v) is 3.94. The molecule has 0 aliphatic heterocycles. The van der Waals surface area contributed by atoms with E-state index in [0.717, 1.165) is 14.5 Å². The molecule has 3 N–H and O–H groups in total. The van der Waals surface area contributed by atoms with E-state index in [1.54, 1.807) is 0 Å². The van der Waals surface area contributed by atoms with Crippen molar-refractivity contribution in [3.05, 3.63) is 26.6 Å². The summed E-state index contributed by atoms with van der Waals surface area (Å²) in [5.41, 5.74) is 7.28. The molecule has 0 bridgehead atoms. The fraction of sp³-hybridized carbons (Fsp3) is 0.538. The molecule has 1 aliphatic carbocycles. The number of nitrogens with two attached hydrogens (primary N) is 1. The quantitative estimate of drug-likeness (QED) is 0.707. The van der Waals surface area contributed by atoms with E-state index in [2.05, 4.69) is 37.2 Å². The van der Waals surface area contributed by atoms with Crippen LogP contribution >= 0.6 is 31.9 Å². The van der Waals surface area contributed by atoms with Crippen molar-refractivity contribution in [2.24, 2.45) is 5.92 Å². The molecule has 7 heteroatoms. The van der Waals surface area contributed by atoms with Crippen LogP contribution in [0.4, 0.5) is 18.9 Å². The third kappa shape index (κ3) is 3.68. The highest BCUT2D eigenvalue weighted by atomic mass is 79.9. The number of benzene rings is 1. The molecule has 1 aliphatic rings. The number of rotatable bonds is 3. The van der Waals surface area contributed by atoms with Gasteiger partial charge in [-0.25, -0.2) is 0 Å². The van der Waals surface area contributed by atoms with Gasteiger partial charge in [-0.3, -0.25) is 0 Å². The highest BCUT2D eigenvalue weighted by Crippen LogP contribution is 2.39. The van der Waals surface area contributed by atoms with E-state index in [1.807, 2.05) is 12.1 Å². The van der Waals surface area contributed by atoms with Crippen LogP contribution in [0.25, 0.3) is 0 Å². The zero-order valence-electron chi connectivity index (χ0n) is 10.6. The smallest absolute Gasteiger partial charge is 0.393 e. The Labute approximate surface area is 132 Å². The Morgan fingerprint density at radius 3 is 2.60 bits per heavy atom. The molecule has 0 aromatic heterocycles. The Balaban J connectivity index is 2.06. The van der Waals surface area contributed by atoms with Gasteiger partial charge >= 0.3 is 6.18 Å². The Kier molecular flexibility index (Phi) is 5.02. The summed E-state index contributed by atoms with van der Waals surface area (Å²) in [6, 6.07) is 3.12. The van der Waals surface area contributed by atoms with Crippen LogP contribution in [-0.2, 0) is 6.54 Å². The summed E-state index contributed by atoms with van der Waals surface area (Å²) < 4.78 is 40.2. The van der Waals surface area contributed by atoms with Gasteiger partial charge < -0.3 is 11.1 Å². The molecule has 0 heterocycles. The minimum absolute atomic E-state index is 0.207. The highest BCUT2D eigenvalue weighted by Gasteiger charge is 2.46. The number of anilines is 1. The van der Waals surface area contributed by atoms with E-state index in [4.69, 9.17) is 5.73 Å². The van der Waals surface area contributed by atoms with E-state index in [-0.39, 0.29) is 6.42 Å². The lowest BCUT2D eigenvalue weighted by molar-refractivity contribution is -0.177. The van der Waals surface area contributed by atoms with Crippen molar-refractivity contribution in [3.8, 4) is 0 Å². The van der Waals surface area contributed by atoms with Crippen LogP contribution in [0, 0.1) is 5.92 Å². The van der Waals surface area contributed by atoms with Crippen LogP contribution in [0.2, 0.25) is 0 Å². The first-order valence-electron chi connectivity index (χ1n) is 6.32. The van der Waals surface area contributed by atoms with Crippen LogP contribution in [0.3, 0.4) is 0 Å². The molecule has 112 valence electrons. The van der Waals surface area contributed by atoms with E-state index in [1.165, 1.54) is 0 Å². The lowest BCUT2D eigenvalue weighted by atomic mass is 10.0. The van der Waals surface area contributed by atoms with E-state index in [9.17, 15) is 13.2 Å². The highest BCUT2D eigenvalue weighted by molar-refractivity contribution is 9.11. The molecular formula is C13H15Br2F3N2. The topological polar surface area (TPSA) is 38.0 Å². The van der Waals surface area contributed by atoms with Gasteiger partial charge in [0.1, 0.15) is 0 Å². The van der Waals surface area contributed by atoms with E-state index >= 15 is 0 Å². The number of hydrogen-bond acceptors (Lipinski definition) is 2. The van der Waals surface area contributed by atoms with Crippen molar-refractivity contribution in [2.75, 3.05) is 5.73 Å². The molecule has 2 rings (SSSR count). The number of alkyl halides is 3. The Bertz CT molecular complexity index is 491. The summed E-state index contributed by atoms with van der Waals surface area (Å²) >= 11 is 6.68. The first-order valence-corrected chi connectivity index (χ1v) is 7.91. The Morgan fingerprint density at radius 1 is 1.25 bits per heavy atom. The SMILES string of the molecule is Nc1c(Br)cc(Br)cc1CN[C@H]1CCC[C@@H]1C(F)(F)F. The number of hydrogen-bond donors (Lipinski definition) is 2. The molecule has 1 fully saturated rings. The molecule has 20 heavy (non-hydrogen) atoms. The van der Waals surface area contributed by atoms with Crippen molar-refractivity contribution < 1.29 is 13.2 Å². The molecule has 1 aromatic rings. The van der Waals surface area contributed by atoms with Crippen LogP contribution in [0.15, 0.2) is 21.1 Å². The summed E-state index contributed by atoms with van der Waals surface area (Å²) in [5, 5.41) is 3.01. The van der Waals surface area contributed by atoms with Gasteiger partial charge in [-0.15, -0.1) is 0 Å². The van der Waals surface area contributed by atoms with Crippen LogP contribution in [0.1, 0.15) is 24.8 Å². The molecule has 0 spiro atoms. The maximum Gasteiger partial charge on any atom is 0.393 e. The largest absolute Gasteiger partial charge is 0.398 e. The minimum atomic E-state index is -4.13. The molecule has 0 saturated heterocycles. The predicted octanol–water partition coefficient (Wildman–Crippen LogP) is 4.61. The standard InChI is InChI=1S/C13H15Br2F3N2/c14-8-4-7(12(19)10(15)5-8)6-20-11-3-1-2-9(11)13(16,17)18/h4-5,9,11,20H,1-3,6,19H2/t9-,11-/m0/s1. The minimum Gasteiger partial charge on any atom is -0.398 e. The van der Waals surface area contributed by atoms with Gasteiger partial charge in [-0.2, -0.15) is 13.2 Å². The number of nitrogen functional groups attached to an aromatic ring is 1.